The molecule has 0 aliphatic carbocycles. The maximum Gasteiger partial charge on any atom is 0.409 e. The van der Waals surface area contributed by atoms with Gasteiger partial charge in [0, 0.05) is 25.7 Å². The van der Waals surface area contributed by atoms with E-state index in [4.69, 9.17) is 10.00 Å². The molecule has 1 saturated heterocycles. The smallest absolute Gasteiger partial charge is 0.409 e. The van der Waals surface area contributed by atoms with Crippen molar-refractivity contribution in [2.45, 2.75) is 33.2 Å². The number of aromatic nitrogens is 2. The zero-order valence-electron chi connectivity index (χ0n) is 18.5. The molecule has 0 saturated carbocycles. The lowest BCUT2D eigenvalue weighted by molar-refractivity contribution is 0.0789. The maximum absolute atomic E-state index is 14.1. The van der Waals surface area contributed by atoms with Crippen LogP contribution in [0.15, 0.2) is 30.6 Å². The third kappa shape index (κ3) is 6.89. The Morgan fingerprint density at radius 1 is 1.31 bits per heavy atom. The van der Waals surface area contributed by atoms with Crippen molar-refractivity contribution in [1.82, 2.24) is 20.2 Å². The highest BCUT2D eigenvalue weighted by Crippen LogP contribution is 2.20. The second kappa shape index (κ2) is 11.4. The second-order valence-corrected chi connectivity index (χ2v) is 8.36. The Bertz CT molecular complexity index is 954. The molecule has 0 bridgehead atoms. The quantitative estimate of drug-likeness (QED) is 0.643. The van der Waals surface area contributed by atoms with E-state index < -0.39 is 5.82 Å². The summed E-state index contributed by atoms with van der Waals surface area (Å²) < 4.78 is 19.4. The summed E-state index contributed by atoms with van der Waals surface area (Å²) in [5.74, 6) is 0.785. The highest BCUT2D eigenvalue weighted by molar-refractivity contribution is 5.67. The lowest BCUT2D eigenvalue weighted by atomic mass is 9.97. The van der Waals surface area contributed by atoms with Crippen molar-refractivity contribution in [1.29, 1.82) is 5.26 Å². The molecule has 2 aromatic rings. The van der Waals surface area contributed by atoms with Crippen molar-refractivity contribution in [2.75, 3.05) is 31.6 Å². The molecule has 1 aliphatic heterocycles. The molecule has 2 N–H and O–H groups in total. The van der Waals surface area contributed by atoms with Crippen LogP contribution in [-0.4, -0.2) is 47.2 Å². The first-order valence-electron chi connectivity index (χ1n) is 10.8. The number of piperidine rings is 1. The van der Waals surface area contributed by atoms with Crippen LogP contribution in [-0.2, 0) is 11.3 Å². The van der Waals surface area contributed by atoms with Crippen molar-refractivity contribution in [3.63, 3.8) is 0 Å². The van der Waals surface area contributed by atoms with Gasteiger partial charge in [0.15, 0.2) is 0 Å². The molecule has 0 unspecified atom stereocenters. The summed E-state index contributed by atoms with van der Waals surface area (Å²) in [6, 6.07) is 7.91. The van der Waals surface area contributed by atoms with Crippen molar-refractivity contribution in [3.8, 4) is 6.07 Å². The number of carbonyl (C=O) groups is 1. The molecule has 1 aromatic heterocycles. The van der Waals surface area contributed by atoms with Crippen LogP contribution < -0.4 is 10.6 Å². The predicted octanol–water partition coefficient (Wildman–Crippen LogP) is 3.83. The van der Waals surface area contributed by atoms with Crippen LogP contribution in [0.25, 0.3) is 0 Å². The monoisotopic (exact) mass is 440 g/mol. The van der Waals surface area contributed by atoms with E-state index >= 15 is 0 Å². The third-order valence-electron chi connectivity index (χ3n) is 5.24. The largest absolute Gasteiger partial charge is 0.449 e. The number of nitrogens with zero attached hydrogens (tertiary/aromatic N) is 4. The standard InChI is InChI=1S/C23H29FN6O2/c1-16(2)14-32-23(31)30-7-5-17(6-8-30)12-26-13-19-10-22(28-15-27-19)29-21-4-3-18(11-25)9-20(21)24/h3-4,9-10,15-17,26H,5-8,12-14H2,1-2H3,(H,27,28,29). The second-order valence-electron chi connectivity index (χ2n) is 8.36. The number of likely N-dealkylation sites (tertiary alicyclic amines) is 1. The number of nitrogens with one attached hydrogen (secondary N) is 2. The van der Waals surface area contributed by atoms with Crippen molar-refractivity contribution >= 4 is 17.6 Å². The fraction of sp³-hybridized carbons (Fsp3) is 0.478. The molecule has 32 heavy (non-hydrogen) atoms. The lowest BCUT2D eigenvalue weighted by Crippen LogP contribution is -2.41. The number of nitriles is 1. The van der Waals surface area contributed by atoms with Crippen LogP contribution in [0.3, 0.4) is 0 Å². The predicted molar refractivity (Wildman–Crippen MR) is 119 cm³/mol. The molecule has 1 fully saturated rings. The Kier molecular flexibility index (Phi) is 8.34. The fourth-order valence-electron chi connectivity index (χ4n) is 3.44. The molecule has 0 atom stereocenters. The number of carbonyl (C=O) groups excluding carboxylic acids is 1. The molecule has 0 spiro atoms. The Labute approximate surface area is 187 Å². The summed E-state index contributed by atoms with van der Waals surface area (Å²) in [6.45, 7) is 7.30. The fourth-order valence-corrected chi connectivity index (χ4v) is 3.44. The van der Waals surface area contributed by atoms with Crippen LogP contribution >= 0.6 is 0 Å². The van der Waals surface area contributed by atoms with Gasteiger partial charge >= 0.3 is 6.09 Å². The minimum atomic E-state index is -0.512. The van der Waals surface area contributed by atoms with E-state index in [1.807, 2.05) is 19.9 Å². The van der Waals surface area contributed by atoms with E-state index in [-0.39, 0.29) is 17.3 Å². The number of benzene rings is 1. The first-order valence-corrected chi connectivity index (χ1v) is 10.8. The molecule has 1 amide bonds. The van der Waals surface area contributed by atoms with Crippen LogP contribution in [0.4, 0.5) is 20.7 Å². The molecule has 2 heterocycles. The number of anilines is 2. The van der Waals surface area contributed by atoms with E-state index in [1.54, 1.807) is 17.0 Å². The highest BCUT2D eigenvalue weighted by Gasteiger charge is 2.23. The molecule has 3 rings (SSSR count). The van der Waals surface area contributed by atoms with Crippen LogP contribution in [0.1, 0.15) is 37.9 Å². The zero-order chi connectivity index (χ0) is 22.9. The Hall–Kier alpha value is -3.25. The van der Waals surface area contributed by atoms with Gasteiger partial charge in [0.25, 0.3) is 0 Å². The number of hydrogen-bond acceptors (Lipinski definition) is 7. The van der Waals surface area contributed by atoms with E-state index in [0.29, 0.717) is 43.9 Å². The van der Waals surface area contributed by atoms with Gasteiger partial charge in [0.1, 0.15) is 18.0 Å². The maximum atomic E-state index is 14.1. The topological polar surface area (TPSA) is 103 Å². The Balaban J connectivity index is 1.42. The normalized spacial score (nSPS) is 14.3. The summed E-state index contributed by atoms with van der Waals surface area (Å²) in [5, 5.41) is 15.2. The molecular formula is C23H29FN6O2. The van der Waals surface area contributed by atoms with Gasteiger partial charge in [-0.25, -0.2) is 19.2 Å². The number of hydrogen-bond donors (Lipinski definition) is 2. The van der Waals surface area contributed by atoms with E-state index in [1.165, 1.54) is 18.5 Å². The summed E-state index contributed by atoms with van der Waals surface area (Å²) in [7, 11) is 0. The van der Waals surface area contributed by atoms with Crippen molar-refractivity contribution in [3.05, 3.63) is 47.7 Å². The minimum Gasteiger partial charge on any atom is -0.449 e. The molecular weight excluding hydrogens is 411 g/mol. The van der Waals surface area contributed by atoms with Gasteiger partial charge in [0.2, 0.25) is 0 Å². The third-order valence-corrected chi connectivity index (χ3v) is 5.24. The van der Waals surface area contributed by atoms with Gasteiger partial charge < -0.3 is 20.3 Å². The average molecular weight is 441 g/mol. The van der Waals surface area contributed by atoms with Gasteiger partial charge in [-0.1, -0.05) is 13.8 Å². The SMILES string of the molecule is CC(C)COC(=O)N1CCC(CNCc2cc(Nc3ccc(C#N)cc3F)ncn2)CC1. The van der Waals surface area contributed by atoms with Gasteiger partial charge in [-0.05, 0) is 49.4 Å². The lowest BCUT2D eigenvalue weighted by Gasteiger charge is -2.31. The molecule has 1 aromatic carbocycles. The van der Waals surface area contributed by atoms with E-state index in [9.17, 15) is 9.18 Å². The minimum absolute atomic E-state index is 0.218. The first kappa shape index (κ1) is 23.4. The van der Waals surface area contributed by atoms with Crippen molar-refractivity contribution < 1.29 is 13.9 Å². The van der Waals surface area contributed by atoms with Gasteiger partial charge in [-0.2, -0.15) is 5.26 Å². The Morgan fingerprint density at radius 2 is 2.09 bits per heavy atom. The van der Waals surface area contributed by atoms with E-state index in [2.05, 4.69) is 20.6 Å². The summed E-state index contributed by atoms with van der Waals surface area (Å²) in [5.41, 5.74) is 1.30. The zero-order valence-corrected chi connectivity index (χ0v) is 18.5. The molecule has 170 valence electrons. The van der Waals surface area contributed by atoms with Crippen LogP contribution in [0.5, 0.6) is 0 Å². The van der Waals surface area contributed by atoms with Gasteiger partial charge in [0.05, 0.1) is 29.6 Å². The highest BCUT2D eigenvalue weighted by atomic mass is 19.1. The number of halogens is 1. The number of amides is 1. The average Bonchev–Trinajstić information content (AvgIpc) is 2.79. The first-order chi connectivity index (χ1) is 15.4. The number of rotatable bonds is 8. The molecule has 1 aliphatic rings. The van der Waals surface area contributed by atoms with E-state index in [0.717, 1.165) is 25.1 Å². The Morgan fingerprint density at radius 3 is 2.78 bits per heavy atom. The van der Waals surface area contributed by atoms with Crippen LogP contribution in [0.2, 0.25) is 0 Å². The molecule has 0 radical (unpaired) electrons. The molecule has 8 nitrogen and oxygen atoms in total. The van der Waals surface area contributed by atoms with Crippen molar-refractivity contribution in [2.24, 2.45) is 11.8 Å². The summed E-state index contributed by atoms with van der Waals surface area (Å²) in [4.78, 5) is 22.2. The van der Waals surface area contributed by atoms with Gasteiger partial charge in [-0.15, -0.1) is 0 Å². The van der Waals surface area contributed by atoms with Crippen LogP contribution in [0, 0.1) is 29.0 Å². The van der Waals surface area contributed by atoms with Gasteiger partial charge in [-0.3, -0.25) is 0 Å². The number of ether oxygens (including phenoxy) is 1. The summed E-state index contributed by atoms with van der Waals surface area (Å²) >= 11 is 0. The molecule has 9 heteroatoms. The summed E-state index contributed by atoms with van der Waals surface area (Å²) in [6.07, 6.45) is 3.07.